The highest BCUT2D eigenvalue weighted by molar-refractivity contribution is 5.78. The van der Waals surface area contributed by atoms with Crippen molar-refractivity contribution in [2.24, 2.45) is 13.0 Å². The van der Waals surface area contributed by atoms with Gasteiger partial charge in [-0.3, -0.25) is 4.68 Å². The summed E-state index contributed by atoms with van der Waals surface area (Å²) < 4.78 is 1.82. The number of nitrogens with zero attached hydrogens (tertiary/aromatic N) is 3. The Bertz CT molecular complexity index is 607. The molecule has 2 aromatic heterocycles. The van der Waals surface area contributed by atoms with Crippen molar-refractivity contribution >= 4 is 11.0 Å². The molecule has 1 saturated carbocycles. The minimum atomic E-state index is 0.288. The van der Waals surface area contributed by atoms with Crippen molar-refractivity contribution in [2.75, 3.05) is 6.61 Å². The van der Waals surface area contributed by atoms with Gasteiger partial charge in [-0.15, -0.1) is 0 Å². The molecular formula is C15H22N4O. The standard InChI is InChI=1S/C15H22N4O/c1-10-13-6-11(8-17-15(13)19(2)18-10)7-16-14-5-3-4-12(14)9-20/h6,8,12,14,16,20H,3-5,7,9H2,1-2H3. The van der Waals surface area contributed by atoms with Crippen LogP contribution in [0, 0.1) is 12.8 Å². The second-order valence-corrected chi connectivity index (χ2v) is 5.78. The molecular weight excluding hydrogens is 252 g/mol. The van der Waals surface area contributed by atoms with Gasteiger partial charge in [-0.1, -0.05) is 6.42 Å². The number of pyridine rings is 1. The highest BCUT2D eigenvalue weighted by Crippen LogP contribution is 2.25. The predicted molar refractivity (Wildman–Crippen MR) is 78.3 cm³/mol. The molecule has 0 aliphatic heterocycles. The normalized spacial score (nSPS) is 22.8. The first-order chi connectivity index (χ1) is 9.69. The van der Waals surface area contributed by atoms with Crippen molar-refractivity contribution in [3.8, 4) is 0 Å². The number of fused-ring (bicyclic) bond motifs is 1. The zero-order chi connectivity index (χ0) is 14.1. The van der Waals surface area contributed by atoms with Crippen molar-refractivity contribution in [3.05, 3.63) is 23.5 Å². The monoisotopic (exact) mass is 274 g/mol. The van der Waals surface area contributed by atoms with Gasteiger partial charge in [0.05, 0.1) is 5.69 Å². The largest absolute Gasteiger partial charge is 0.396 e. The van der Waals surface area contributed by atoms with E-state index in [1.807, 2.05) is 24.9 Å². The summed E-state index contributed by atoms with van der Waals surface area (Å²) in [7, 11) is 1.92. The lowest BCUT2D eigenvalue weighted by molar-refractivity contribution is 0.205. The second kappa shape index (κ2) is 5.50. The van der Waals surface area contributed by atoms with Gasteiger partial charge in [-0.25, -0.2) is 4.98 Å². The van der Waals surface area contributed by atoms with Crippen LogP contribution in [0.5, 0.6) is 0 Å². The van der Waals surface area contributed by atoms with Gasteiger partial charge in [-0.05, 0) is 37.3 Å². The third-order valence-corrected chi connectivity index (χ3v) is 4.38. The Labute approximate surface area is 119 Å². The fourth-order valence-electron chi connectivity index (χ4n) is 3.22. The summed E-state index contributed by atoms with van der Waals surface area (Å²) in [4.78, 5) is 4.50. The van der Waals surface area contributed by atoms with E-state index in [9.17, 15) is 5.11 Å². The summed E-state index contributed by atoms with van der Waals surface area (Å²) in [5, 5.41) is 18.4. The molecule has 2 heterocycles. The number of aliphatic hydroxyl groups excluding tert-OH is 1. The van der Waals surface area contributed by atoms with Gasteiger partial charge in [0.15, 0.2) is 5.65 Å². The van der Waals surface area contributed by atoms with Crippen molar-refractivity contribution in [2.45, 2.75) is 38.8 Å². The first kappa shape index (κ1) is 13.5. The van der Waals surface area contributed by atoms with E-state index in [1.54, 1.807) is 0 Å². The molecule has 3 rings (SSSR count). The number of aliphatic hydroxyl groups is 1. The minimum Gasteiger partial charge on any atom is -0.396 e. The molecule has 1 aliphatic rings. The predicted octanol–water partition coefficient (Wildman–Crippen LogP) is 1.53. The van der Waals surface area contributed by atoms with Gasteiger partial charge < -0.3 is 10.4 Å². The molecule has 0 aromatic carbocycles. The molecule has 1 fully saturated rings. The molecule has 0 radical (unpaired) electrons. The van der Waals surface area contributed by atoms with Gasteiger partial charge in [0.25, 0.3) is 0 Å². The van der Waals surface area contributed by atoms with E-state index in [4.69, 9.17) is 0 Å². The molecule has 2 atom stereocenters. The maximum Gasteiger partial charge on any atom is 0.157 e. The smallest absolute Gasteiger partial charge is 0.157 e. The van der Waals surface area contributed by atoms with Crippen LogP contribution in [0.3, 0.4) is 0 Å². The molecule has 0 amide bonds. The highest BCUT2D eigenvalue weighted by atomic mass is 16.3. The quantitative estimate of drug-likeness (QED) is 0.887. The number of aromatic nitrogens is 3. The number of rotatable bonds is 4. The Balaban J connectivity index is 1.73. The van der Waals surface area contributed by atoms with Gasteiger partial charge in [0.1, 0.15) is 0 Å². The maximum atomic E-state index is 9.35. The summed E-state index contributed by atoms with van der Waals surface area (Å²) in [5.41, 5.74) is 3.13. The van der Waals surface area contributed by atoms with Crippen LogP contribution < -0.4 is 5.32 Å². The molecule has 0 saturated heterocycles. The first-order valence-electron chi connectivity index (χ1n) is 7.31. The zero-order valence-corrected chi connectivity index (χ0v) is 12.1. The zero-order valence-electron chi connectivity index (χ0n) is 12.1. The van der Waals surface area contributed by atoms with E-state index in [0.29, 0.717) is 12.0 Å². The van der Waals surface area contributed by atoms with Crippen molar-refractivity contribution in [1.82, 2.24) is 20.1 Å². The van der Waals surface area contributed by atoms with Crippen LogP contribution in [0.4, 0.5) is 0 Å². The van der Waals surface area contributed by atoms with Crippen LogP contribution in [0.1, 0.15) is 30.5 Å². The summed E-state index contributed by atoms with van der Waals surface area (Å²) in [5.74, 6) is 0.409. The summed E-state index contributed by atoms with van der Waals surface area (Å²) in [6, 6.07) is 2.60. The van der Waals surface area contributed by atoms with E-state index in [-0.39, 0.29) is 6.61 Å². The van der Waals surface area contributed by atoms with Crippen molar-refractivity contribution < 1.29 is 5.11 Å². The third kappa shape index (κ3) is 2.43. The summed E-state index contributed by atoms with van der Waals surface area (Å²) >= 11 is 0. The maximum absolute atomic E-state index is 9.35. The van der Waals surface area contributed by atoms with Gasteiger partial charge in [-0.2, -0.15) is 5.10 Å². The number of aryl methyl sites for hydroxylation is 2. The van der Waals surface area contributed by atoms with Crippen LogP contribution >= 0.6 is 0 Å². The Hall–Kier alpha value is -1.46. The minimum absolute atomic E-state index is 0.288. The van der Waals surface area contributed by atoms with Crippen LogP contribution in [0.15, 0.2) is 12.3 Å². The SMILES string of the molecule is Cc1nn(C)c2ncc(CNC3CCCC3CO)cc12. The van der Waals surface area contributed by atoms with Crippen molar-refractivity contribution in [1.29, 1.82) is 0 Å². The van der Waals surface area contributed by atoms with E-state index in [0.717, 1.165) is 36.1 Å². The molecule has 1 aliphatic carbocycles. The average Bonchev–Trinajstić information content (AvgIpc) is 3.02. The van der Waals surface area contributed by atoms with Crippen molar-refractivity contribution in [3.63, 3.8) is 0 Å². The van der Waals surface area contributed by atoms with E-state index < -0.39 is 0 Å². The molecule has 2 N–H and O–H groups in total. The van der Waals surface area contributed by atoms with Gasteiger partial charge in [0, 0.05) is 37.8 Å². The Morgan fingerprint density at radius 2 is 2.30 bits per heavy atom. The number of hydrogen-bond donors (Lipinski definition) is 2. The van der Waals surface area contributed by atoms with Gasteiger partial charge >= 0.3 is 0 Å². The molecule has 108 valence electrons. The van der Waals surface area contributed by atoms with E-state index in [2.05, 4.69) is 21.5 Å². The third-order valence-electron chi connectivity index (χ3n) is 4.38. The van der Waals surface area contributed by atoms with Crippen LogP contribution in [-0.4, -0.2) is 32.5 Å². The summed E-state index contributed by atoms with van der Waals surface area (Å²) in [6.07, 6.45) is 5.42. The Kier molecular flexibility index (Phi) is 3.72. The van der Waals surface area contributed by atoms with Crippen LogP contribution in [0.25, 0.3) is 11.0 Å². The second-order valence-electron chi connectivity index (χ2n) is 5.78. The number of hydrogen-bond acceptors (Lipinski definition) is 4. The molecule has 20 heavy (non-hydrogen) atoms. The fraction of sp³-hybridized carbons (Fsp3) is 0.600. The number of nitrogens with one attached hydrogen (secondary N) is 1. The lowest BCUT2D eigenvalue weighted by Gasteiger charge is -2.18. The van der Waals surface area contributed by atoms with Gasteiger partial charge in [0.2, 0.25) is 0 Å². The average molecular weight is 274 g/mol. The van der Waals surface area contributed by atoms with E-state index in [1.165, 1.54) is 12.0 Å². The van der Waals surface area contributed by atoms with E-state index >= 15 is 0 Å². The topological polar surface area (TPSA) is 63.0 Å². The lowest BCUT2D eigenvalue weighted by Crippen LogP contribution is -2.33. The van der Waals surface area contributed by atoms with Crippen LogP contribution in [-0.2, 0) is 13.6 Å². The molecule has 2 unspecified atom stereocenters. The fourth-order valence-corrected chi connectivity index (χ4v) is 3.22. The lowest BCUT2D eigenvalue weighted by atomic mass is 10.0. The molecule has 5 nitrogen and oxygen atoms in total. The summed E-state index contributed by atoms with van der Waals surface area (Å²) in [6.45, 7) is 3.11. The molecule has 0 spiro atoms. The molecule has 5 heteroatoms. The molecule has 0 bridgehead atoms. The highest BCUT2D eigenvalue weighted by Gasteiger charge is 2.25. The Morgan fingerprint density at radius 1 is 1.45 bits per heavy atom. The molecule has 2 aromatic rings. The first-order valence-corrected chi connectivity index (χ1v) is 7.31. The van der Waals surface area contributed by atoms with Crippen LogP contribution in [0.2, 0.25) is 0 Å². The Morgan fingerprint density at radius 3 is 3.10 bits per heavy atom.